The van der Waals surface area contributed by atoms with Crippen LogP contribution in [0.5, 0.6) is 0 Å². The SMILES string of the molecule is O=[N+]([O-])c1cc(S(=O)(=O)C(F)F)ccc1Nc1cccc(CN2CCOCC2)c1. The number of nitrogens with one attached hydrogen (secondary N) is 1. The van der Waals surface area contributed by atoms with Gasteiger partial charge in [-0.05, 0) is 29.8 Å². The van der Waals surface area contributed by atoms with E-state index in [1.165, 1.54) is 0 Å². The highest BCUT2D eigenvalue weighted by atomic mass is 32.2. The molecule has 1 heterocycles. The summed E-state index contributed by atoms with van der Waals surface area (Å²) in [5.41, 5.74) is 0.942. The maximum atomic E-state index is 12.7. The number of alkyl halides is 2. The Morgan fingerprint density at radius 3 is 2.55 bits per heavy atom. The second-order valence-corrected chi connectivity index (χ2v) is 8.37. The summed E-state index contributed by atoms with van der Waals surface area (Å²) in [5, 5.41) is 14.2. The standard InChI is InChI=1S/C18H19F2N3O5S/c19-18(20)29(26,27)15-4-5-16(17(11-15)23(24)25)21-14-3-1-2-13(10-14)12-22-6-8-28-9-7-22/h1-5,10-11,18,21H,6-9,12H2. The summed E-state index contributed by atoms with van der Waals surface area (Å²) in [6.07, 6.45) is 0. The molecule has 8 nitrogen and oxygen atoms in total. The van der Waals surface area contributed by atoms with Crippen molar-refractivity contribution in [3.63, 3.8) is 0 Å². The minimum Gasteiger partial charge on any atom is -0.379 e. The Balaban J connectivity index is 1.84. The van der Waals surface area contributed by atoms with Crippen LogP contribution in [0.1, 0.15) is 5.56 Å². The summed E-state index contributed by atoms with van der Waals surface area (Å²) in [5.74, 6) is -3.65. The molecule has 0 saturated carbocycles. The molecular formula is C18H19F2N3O5S. The maximum Gasteiger partial charge on any atom is 0.341 e. The van der Waals surface area contributed by atoms with Gasteiger partial charge < -0.3 is 10.1 Å². The molecule has 1 aliphatic heterocycles. The average molecular weight is 427 g/mol. The van der Waals surface area contributed by atoms with Gasteiger partial charge in [0.1, 0.15) is 5.69 Å². The lowest BCUT2D eigenvalue weighted by Gasteiger charge is -2.26. The largest absolute Gasteiger partial charge is 0.379 e. The lowest BCUT2D eigenvalue weighted by molar-refractivity contribution is -0.384. The summed E-state index contributed by atoms with van der Waals surface area (Å²) >= 11 is 0. The van der Waals surface area contributed by atoms with Gasteiger partial charge in [-0.15, -0.1) is 0 Å². The number of nitro groups is 1. The Morgan fingerprint density at radius 2 is 1.90 bits per heavy atom. The zero-order valence-corrected chi connectivity index (χ0v) is 16.1. The third-order valence-electron chi connectivity index (χ3n) is 4.44. The molecule has 29 heavy (non-hydrogen) atoms. The molecule has 0 bridgehead atoms. The van der Waals surface area contributed by atoms with Crippen molar-refractivity contribution in [3.8, 4) is 0 Å². The zero-order chi connectivity index (χ0) is 21.0. The topological polar surface area (TPSA) is 102 Å². The Kier molecular flexibility index (Phi) is 6.40. The molecule has 3 rings (SSSR count). The van der Waals surface area contributed by atoms with Crippen molar-refractivity contribution in [2.45, 2.75) is 17.2 Å². The molecule has 0 atom stereocenters. The summed E-state index contributed by atoms with van der Waals surface area (Å²) in [7, 11) is -4.93. The van der Waals surface area contributed by atoms with Gasteiger partial charge in [0.2, 0.25) is 9.84 Å². The van der Waals surface area contributed by atoms with E-state index >= 15 is 0 Å². The van der Waals surface area contributed by atoms with Crippen LogP contribution in [0.3, 0.4) is 0 Å². The first kappa shape index (κ1) is 21.1. The predicted octanol–water partition coefficient (Wildman–Crippen LogP) is 3.17. The number of sulfone groups is 1. The predicted molar refractivity (Wildman–Crippen MR) is 102 cm³/mol. The van der Waals surface area contributed by atoms with Gasteiger partial charge in [0.15, 0.2) is 0 Å². The van der Waals surface area contributed by atoms with Gasteiger partial charge in [-0.2, -0.15) is 8.78 Å². The number of anilines is 2. The first-order valence-corrected chi connectivity index (χ1v) is 10.3. The van der Waals surface area contributed by atoms with E-state index in [0.29, 0.717) is 31.5 Å². The molecule has 0 aliphatic carbocycles. The fourth-order valence-electron chi connectivity index (χ4n) is 2.97. The van der Waals surface area contributed by atoms with E-state index in [0.717, 1.165) is 30.8 Å². The van der Waals surface area contributed by atoms with E-state index < -0.39 is 31.1 Å². The number of morpholine rings is 1. The molecule has 2 aromatic rings. The van der Waals surface area contributed by atoms with E-state index in [9.17, 15) is 27.3 Å². The lowest BCUT2D eigenvalue weighted by Crippen LogP contribution is -2.35. The summed E-state index contributed by atoms with van der Waals surface area (Å²) in [6, 6.07) is 9.92. The normalized spacial score (nSPS) is 15.4. The van der Waals surface area contributed by atoms with Crippen LogP contribution in [-0.2, 0) is 21.1 Å². The Bertz CT molecular complexity index is 995. The second kappa shape index (κ2) is 8.80. The summed E-state index contributed by atoms with van der Waals surface area (Å²) < 4.78 is 54.0. The van der Waals surface area contributed by atoms with Crippen molar-refractivity contribution in [3.05, 3.63) is 58.1 Å². The monoisotopic (exact) mass is 427 g/mol. The second-order valence-electron chi connectivity index (χ2n) is 6.46. The van der Waals surface area contributed by atoms with Gasteiger partial charge in [-0.25, -0.2) is 8.42 Å². The average Bonchev–Trinajstić information content (AvgIpc) is 2.69. The molecule has 0 aromatic heterocycles. The number of nitro benzene ring substituents is 1. The fourth-order valence-corrected chi connectivity index (χ4v) is 3.71. The van der Waals surface area contributed by atoms with Crippen LogP contribution < -0.4 is 5.32 Å². The quantitative estimate of drug-likeness (QED) is 0.535. The zero-order valence-electron chi connectivity index (χ0n) is 15.3. The van der Waals surface area contributed by atoms with Crippen LogP contribution in [-0.4, -0.2) is 50.3 Å². The van der Waals surface area contributed by atoms with Crippen LogP contribution >= 0.6 is 0 Å². The van der Waals surface area contributed by atoms with E-state index in [4.69, 9.17) is 4.74 Å². The van der Waals surface area contributed by atoms with E-state index in [1.54, 1.807) is 12.1 Å². The highest BCUT2D eigenvalue weighted by Crippen LogP contribution is 2.32. The van der Waals surface area contributed by atoms with Gasteiger partial charge in [0, 0.05) is 31.4 Å². The minimum absolute atomic E-state index is 0.00624. The molecule has 0 unspecified atom stereocenters. The highest BCUT2D eigenvalue weighted by Gasteiger charge is 2.29. The van der Waals surface area contributed by atoms with Crippen molar-refractivity contribution in [1.29, 1.82) is 0 Å². The molecular weight excluding hydrogens is 408 g/mol. The van der Waals surface area contributed by atoms with Crippen LogP contribution in [0.25, 0.3) is 0 Å². The van der Waals surface area contributed by atoms with E-state index in [2.05, 4.69) is 10.2 Å². The van der Waals surface area contributed by atoms with Gasteiger partial charge in [0.05, 0.1) is 23.0 Å². The van der Waals surface area contributed by atoms with E-state index in [1.807, 2.05) is 12.1 Å². The number of hydrogen-bond acceptors (Lipinski definition) is 7. The first-order chi connectivity index (χ1) is 13.8. The van der Waals surface area contributed by atoms with Crippen molar-refractivity contribution >= 4 is 26.9 Å². The lowest BCUT2D eigenvalue weighted by atomic mass is 10.1. The minimum atomic E-state index is -4.93. The van der Waals surface area contributed by atoms with Gasteiger partial charge in [-0.3, -0.25) is 15.0 Å². The first-order valence-electron chi connectivity index (χ1n) is 8.74. The molecule has 1 N–H and O–H groups in total. The Morgan fingerprint density at radius 1 is 1.17 bits per heavy atom. The molecule has 0 amide bonds. The van der Waals surface area contributed by atoms with Crippen LogP contribution in [0.4, 0.5) is 25.8 Å². The number of nitrogens with zero attached hydrogens (tertiary/aromatic N) is 2. The molecule has 1 aliphatic rings. The number of ether oxygens (including phenoxy) is 1. The summed E-state index contributed by atoms with van der Waals surface area (Å²) in [4.78, 5) is 12.0. The number of halogens is 2. The van der Waals surface area contributed by atoms with E-state index in [-0.39, 0.29) is 5.69 Å². The van der Waals surface area contributed by atoms with Gasteiger partial charge in [0.25, 0.3) is 5.69 Å². The van der Waals surface area contributed by atoms with Crippen LogP contribution in [0.15, 0.2) is 47.4 Å². The number of benzene rings is 2. The Hall–Kier alpha value is -2.63. The molecule has 1 fully saturated rings. The van der Waals surface area contributed by atoms with Crippen molar-refractivity contribution in [2.24, 2.45) is 0 Å². The summed E-state index contributed by atoms with van der Waals surface area (Å²) in [6.45, 7) is 3.63. The van der Waals surface area contributed by atoms with Crippen molar-refractivity contribution in [1.82, 2.24) is 4.90 Å². The smallest absolute Gasteiger partial charge is 0.341 e. The molecule has 0 spiro atoms. The van der Waals surface area contributed by atoms with Crippen LogP contribution in [0.2, 0.25) is 0 Å². The highest BCUT2D eigenvalue weighted by molar-refractivity contribution is 7.91. The van der Waals surface area contributed by atoms with Crippen molar-refractivity contribution in [2.75, 3.05) is 31.6 Å². The van der Waals surface area contributed by atoms with Crippen molar-refractivity contribution < 1.29 is 26.9 Å². The fraction of sp³-hybridized carbons (Fsp3) is 0.333. The third kappa shape index (κ3) is 5.05. The third-order valence-corrected chi connectivity index (χ3v) is 5.82. The molecule has 0 radical (unpaired) electrons. The maximum absolute atomic E-state index is 12.7. The number of rotatable bonds is 7. The molecule has 1 saturated heterocycles. The van der Waals surface area contributed by atoms with Gasteiger partial charge in [-0.1, -0.05) is 12.1 Å². The molecule has 11 heteroatoms. The van der Waals surface area contributed by atoms with Gasteiger partial charge >= 0.3 is 5.76 Å². The van der Waals surface area contributed by atoms with Crippen LogP contribution in [0, 0.1) is 10.1 Å². The molecule has 156 valence electrons. The number of hydrogen-bond donors (Lipinski definition) is 1. The molecule has 2 aromatic carbocycles. The Labute approximate surface area is 166 Å².